The van der Waals surface area contributed by atoms with Crippen molar-refractivity contribution < 1.29 is 14.7 Å². The van der Waals surface area contributed by atoms with Crippen molar-refractivity contribution in [1.82, 2.24) is 15.2 Å². The van der Waals surface area contributed by atoms with Gasteiger partial charge in [-0.25, -0.2) is 9.78 Å². The zero-order valence-corrected chi connectivity index (χ0v) is 12.8. The second-order valence-corrected chi connectivity index (χ2v) is 6.30. The third-order valence-electron chi connectivity index (χ3n) is 3.47. The summed E-state index contributed by atoms with van der Waals surface area (Å²) in [7, 11) is 0. The molecule has 1 amide bonds. The van der Waals surface area contributed by atoms with Crippen LogP contribution in [0.5, 0.6) is 0 Å². The van der Waals surface area contributed by atoms with Crippen molar-refractivity contribution in [3.05, 3.63) is 15.6 Å². The number of nitrogens with zero attached hydrogens (tertiary/aromatic N) is 2. The average molecular weight is 312 g/mol. The van der Waals surface area contributed by atoms with Crippen molar-refractivity contribution in [3.63, 3.8) is 0 Å². The Hall–Kier alpha value is -1.51. The van der Waals surface area contributed by atoms with Gasteiger partial charge in [-0.3, -0.25) is 9.69 Å². The number of amides is 1. The molecule has 0 unspecified atom stereocenters. The van der Waals surface area contributed by atoms with Crippen molar-refractivity contribution in [1.29, 1.82) is 0 Å². The van der Waals surface area contributed by atoms with E-state index in [4.69, 9.17) is 10.8 Å². The van der Waals surface area contributed by atoms with Gasteiger partial charge in [-0.2, -0.15) is 0 Å². The van der Waals surface area contributed by atoms with E-state index in [1.807, 2.05) is 0 Å². The topological polar surface area (TPSA) is 109 Å². The first kappa shape index (κ1) is 15.9. The Morgan fingerprint density at radius 2 is 2.14 bits per heavy atom. The number of aromatic carboxylic acids is 1. The fraction of sp³-hybridized carbons (Fsp3) is 0.615. The number of hydrogen-bond acceptors (Lipinski definition) is 6. The van der Waals surface area contributed by atoms with Crippen LogP contribution in [-0.2, 0) is 11.3 Å². The lowest BCUT2D eigenvalue weighted by molar-refractivity contribution is -0.122. The van der Waals surface area contributed by atoms with Gasteiger partial charge in [0.1, 0.15) is 9.88 Å². The highest BCUT2D eigenvalue weighted by atomic mass is 32.1. The van der Waals surface area contributed by atoms with Crippen LogP contribution in [0.25, 0.3) is 0 Å². The van der Waals surface area contributed by atoms with Crippen LogP contribution in [0.4, 0.5) is 0 Å². The van der Waals surface area contributed by atoms with Crippen LogP contribution in [0, 0.1) is 6.92 Å². The first-order valence-electron chi connectivity index (χ1n) is 6.90. The van der Waals surface area contributed by atoms with Gasteiger partial charge in [-0.1, -0.05) is 0 Å². The molecule has 1 aliphatic rings. The van der Waals surface area contributed by atoms with E-state index in [1.165, 1.54) is 0 Å². The Labute approximate surface area is 127 Å². The van der Waals surface area contributed by atoms with Crippen LogP contribution < -0.4 is 11.1 Å². The molecular formula is C13H20N4O3S. The van der Waals surface area contributed by atoms with Crippen molar-refractivity contribution in [2.75, 3.05) is 19.6 Å². The molecule has 1 aromatic heterocycles. The molecule has 1 aromatic rings. The van der Waals surface area contributed by atoms with E-state index >= 15 is 0 Å². The molecule has 0 spiro atoms. The molecule has 0 atom stereocenters. The van der Waals surface area contributed by atoms with Crippen molar-refractivity contribution in [3.8, 4) is 0 Å². The number of carbonyl (C=O) groups excluding carboxylic acids is 1. The summed E-state index contributed by atoms with van der Waals surface area (Å²) in [4.78, 5) is 29.3. The number of carbonyl (C=O) groups is 2. The number of nitrogens with two attached hydrogens (primary N) is 1. The van der Waals surface area contributed by atoms with E-state index in [2.05, 4.69) is 15.2 Å². The Morgan fingerprint density at radius 3 is 2.71 bits per heavy atom. The molecule has 0 radical (unpaired) electrons. The van der Waals surface area contributed by atoms with Crippen molar-refractivity contribution in [2.45, 2.75) is 32.4 Å². The van der Waals surface area contributed by atoms with Gasteiger partial charge in [0, 0.05) is 19.1 Å². The minimum Gasteiger partial charge on any atom is -0.477 e. The van der Waals surface area contributed by atoms with Crippen LogP contribution in [0.2, 0.25) is 0 Å². The number of nitrogens with one attached hydrogen (secondary N) is 1. The average Bonchev–Trinajstić information content (AvgIpc) is 2.81. The second-order valence-electron chi connectivity index (χ2n) is 5.22. The monoisotopic (exact) mass is 312 g/mol. The molecule has 4 N–H and O–H groups in total. The molecule has 116 valence electrons. The lowest BCUT2D eigenvalue weighted by atomic mass is 10.1. The summed E-state index contributed by atoms with van der Waals surface area (Å²) in [6.07, 6.45) is 1.84. The van der Waals surface area contributed by atoms with Crippen LogP contribution in [-0.4, -0.2) is 52.5 Å². The molecule has 1 fully saturated rings. The molecule has 0 bridgehead atoms. The molecule has 7 nitrogen and oxygen atoms in total. The van der Waals surface area contributed by atoms with Crippen LogP contribution in [0.15, 0.2) is 0 Å². The maximum atomic E-state index is 11.9. The molecule has 1 aliphatic heterocycles. The summed E-state index contributed by atoms with van der Waals surface area (Å²) in [6, 6.07) is 0.247. The zero-order chi connectivity index (χ0) is 15.4. The SMILES string of the molecule is Cc1nc(CNC(=O)CN2CCC(N)CC2)sc1C(=O)O. The zero-order valence-electron chi connectivity index (χ0n) is 12.0. The van der Waals surface area contributed by atoms with Crippen LogP contribution in [0.1, 0.15) is 33.2 Å². The minimum atomic E-state index is -0.979. The number of thiazole rings is 1. The number of likely N-dealkylation sites (tertiary alicyclic amines) is 1. The Bertz CT molecular complexity index is 523. The lowest BCUT2D eigenvalue weighted by Gasteiger charge is -2.29. The van der Waals surface area contributed by atoms with E-state index in [9.17, 15) is 9.59 Å². The normalized spacial score (nSPS) is 16.9. The maximum Gasteiger partial charge on any atom is 0.347 e. The maximum absolute atomic E-state index is 11.9. The molecule has 0 aromatic carbocycles. The Morgan fingerprint density at radius 1 is 1.48 bits per heavy atom. The lowest BCUT2D eigenvalue weighted by Crippen LogP contribution is -2.44. The third-order valence-corrected chi connectivity index (χ3v) is 4.62. The summed E-state index contributed by atoms with van der Waals surface area (Å²) in [5.74, 6) is -1.05. The molecule has 8 heteroatoms. The highest BCUT2D eigenvalue weighted by molar-refractivity contribution is 7.13. The summed E-state index contributed by atoms with van der Waals surface area (Å²) < 4.78 is 0. The van der Waals surface area contributed by atoms with Gasteiger partial charge in [0.25, 0.3) is 0 Å². The number of aryl methyl sites for hydroxylation is 1. The number of rotatable bonds is 5. The predicted molar refractivity (Wildman–Crippen MR) is 79.3 cm³/mol. The molecule has 2 rings (SSSR count). The van der Waals surface area contributed by atoms with Crippen molar-refractivity contribution >= 4 is 23.2 Å². The van der Waals surface area contributed by atoms with Gasteiger partial charge in [0.05, 0.1) is 18.8 Å². The van der Waals surface area contributed by atoms with Crippen LogP contribution in [0.3, 0.4) is 0 Å². The first-order chi connectivity index (χ1) is 9.95. The fourth-order valence-electron chi connectivity index (χ4n) is 2.27. The molecule has 2 heterocycles. The first-order valence-corrected chi connectivity index (χ1v) is 7.71. The quantitative estimate of drug-likeness (QED) is 0.716. The Kier molecular flexibility index (Phi) is 5.27. The summed E-state index contributed by atoms with van der Waals surface area (Å²) in [6.45, 7) is 3.96. The van der Waals surface area contributed by atoms with Crippen LogP contribution >= 0.6 is 11.3 Å². The van der Waals surface area contributed by atoms with Gasteiger partial charge in [0.15, 0.2) is 0 Å². The summed E-state index contributed by atoms with van der Waals surface area (Å²) in [5.41, 5.74) is 6.31. The van der Waals surface area contributed by atoms with E-state index in [-0.39, 0.29) is 23.4 Å². The van der Waals surface area contributed by atoms with E-state index in [0.29, 0.717) is 17.2 Å². The van der Waals surface area contributed by atoms with Gasteiger partial charge < -0.3 is 16.2 Å². The van der Waals surface area contributed by atoms with E-state index in [0.717, 1.165) is 37.3 Å². The predicted octanol–water partition coefficient (Wildman–Crippen LogP) is 0.189. The van der Waals surface area contributed by atoms with E-state index in [1.54, 1.807) is 6.92 Å². The second kappa shape index (κ2) is 6.97. The van der Waals surface area contributed by atoms with Gasteiger partial charge >= 0.3 is 5.97 Å². The minimum absolute atomic E-state index is 0.0739. The number of piperidine rings is 1. The standard InChI is InChI=1S/C13H20N4O3S/c1-8-12(13(19)20)21-11(16-8)6-15-10(18)7-17-4-2-9(14)3-5-17/h9H,2-7,14H2,1H3,(H,15,18)(H,19,20). The molecule has 0 saturated carbocycles. The van der Waals surface area contributed by atoms with Gasteiger partial charge in [0.2, 0.25) is 5.91 Å². The number of aromatic nitrogens is 1. The molecule has 21 heavy (non-hydrogen) atoms. The summed E-state index contributed by atoms with van der Waals surface area (Å²) >= 11 is 1.10. The number of carboxylic acid groups (broad SMARTS) is 1. The highest BCUT2D eigenvalue weighted by Crippen LogP contribution is 2.17. The largest absolute Gasteiger partial charge is 0.477 e. The molecule has 1 saturated heterocycles. The molecular weight excluding hydrogens is 292 g/mol. The third kappa shape index (κ3) is 4.48. The highest BCUT2D eigenvalue weighted by Gasteiger charge is 2.19. The molecule has 0 aliphatic carbocycles. The van der Waals surface area contributed by atoms with E-state index < -0.39 is 5.97 Å². The number of hydrogen-bond donors (Lipinski definition) is 3. The van der Waals surface area contributed by atoms with Gasteiger partial charge in [-0.15, -0.1) is 11.3 Å². The van der Waals surface area contributed by atoms with Crippen molar-refractivity contribution in [2.24, 2.45) is 5.73 Å². The number of carboxylic acids is 1. The Balaban J connectivity index is 1.78. The van der Waals surface area contributed by atoms with Gasteiger partial charge in [-0.05, 0) is 19.8 Å². The summed E-state index contributed by atoms with van der Waals surface area (Å²) in [5, 5.41) is 12.4. The smallest absolute Gasteiger partial charge is 0.347 e. The fourth-order valence-corrected chi connectivity index (χ4v) is 3.11.